The Morgan fingerprint density at radius 1 is 1.41 bits per heavy atom. The zero-order chi connectivity index (χ0) is 16.3. The maximum absolute atomic E-state index is 12.2. The predicted octanol–water partition coefficient (Wildman–Crippen LogP) is 3.23. The van der Waals surface area contributed by atoms with Gasteiger partial charge in [-0.15, -0.1) is 0 Å². The lowest BCUT2D eigenvalue weighted by Crippen LogP contribution is -2.50. The summed E-state index contributed by atoms with van der Waals surface area (Å²) in [6, 6.07) is 4.37. The molecule has 1 fully saturated rings. The van der Waals surface area contributed by atoms with E-state index >= 15 is 0 Å². The van der Waals surface area contributed by atoms with Crippen molar-refractivity contribution in [3.8, 4) is 0 Å². The van der Waals surface area contributed by atoms with Gasteiger partial charge in [-0.05, 0) is 52.2 Å². The Hall–Kier alpha value is -1.78. The van der Waals surface area contributed by atoms with E-state index in [9.17, 15) is 4.79 Å². The number of likely N-dealkylation sites (N-methyl/N-ethyl adjacent to an activating group) is 1. The summed E-state index contributed by atoms with van der Waals surface area (Å²) in [5, 5.41) is 0. The average Bonchev–Trinajstić information content (AvgIpc) is 2.46. The summed E-state index contributed by atoms with van der Waals surface area (Å²) in [6.07, 6.45) is 3.70. The van der Waals surface area contributed by atoms with E-state index < -0.39 is 5.60 Å². The molecule has 1 aliphatic rings. The molecule has 1 amide bonds. The van der Waals surface area contributed by atoms with Crippen LogP contribution in [0.25, 0.3) is 0 Å². The predicted molar refractivity (Wildman–Crippen MR) is 88.2 cm³/mol. The molecular formula is C17H27N3O2. The number of carbonyl (C=O) groups is 1. The first-order valence-electron chi connectivity index (χ1n) is 7.90. The van der Waals surface area contributed by atoms with Crippen molar-refractivity contribution in [1.29, 1.82) is 0 Å². The first-order chi connectivity index (χ1) is 10.3. The van der Waals surface area contributed by atoms with Crippen LogP contribution in [0.2, 0.25) is 0 Å². The molecule has 0 aromatic carbocycles. The second-order valence-electron chi connectivity index (χ2n) is 7.03. The Bertz CT molecular complexity index is 508. The molecule has 1 aromatic rings. The Morgan fingerprint density at radius 2 is 2.14 bits per heavy atom. The number of aromatic nitrogens is 1. The van der Waals surface area contributed by atoms with Gasteiger partial charge >= 0.3 is 6.09 Å². The van der Waals surface area contributed by atoms with Crippen molar-refractivity contribution in [2.45, 2.75) is 52.2 Å². The highest BCUT2D eigenvalue weighted by atomic mass is 16.6. The van der Waals surface area contributed by atoms with E-state index in [1.54, 1.807) is 0 Å². The van der Waals surface area contributed by atoms with Crippen LogP contribution >= 0.6 is 0 Å². The van der Waals surface area contributed by atoms with Crippen molar-refractivity contribution in [1.82, 2.24) is 9.88 Å². The minimum absolute atomic E-state index is 0.220. The van der Waals surface area contributed by atoms with Crippen LogP contribution in [0, 0.1) is 6.92 Å². The molecule has 122 valence electrons. The third-order valence-corrected chi connectivity index (χ3v) is 3.85. The maximum Gasteiger partial charge on any atom is 0.410 e. The zero-order valence-electron chi connectivity index (χ0n) is 14.3. The fourth-order valence-corrected chi connectivity index (χ4v) is 2.62. The smallest absolute Gasteiger partial charge is 0.410 e. The Balaban J connectivity index is 2.00. The SMILES string of the molecule is Cc1ccc(N(C)[C@@H]2CCCN(C(=O)OC(C)(C)C)C2)nc1. The molecule has 2 rings (SSSR count). The molecule has 0 unspecified atom stereocenters. The van der Waals surface area contributed by atoms with Gasteiger partial charge in [-0.2, -0.15) is 0 Å². The second-order valence-corrected chi connectivity index (χ2v) is 7.03. The van der Waals surface area contributed by atoms with Gasteiger partial charge < -0.3 is 14.5 Å². The van der Waals surface area contributed by atoms with Crippen molar-refractivity contribution in [3.05, 3.63) is 23.9 Å². The first kappa shape index (κ1) is 16.6. The van der Waals surface area contributed by atoms with Crippen molar-refractivity contribution >= 4 is 11.9 Å². The summed E-state index contributed by atoms with van der Waals surface area (Å²) in [4.78, 5) is 20.7. The van der Waals surface area contributed by atoms with Crippen LogP contribution in [0.15, 0.2) is 18.3 Å². The highest BCUT2D eigenvalue weighted by Gasteiger charge is 2.29. The maximum atomic E-state index is 12.2. The monoisotopic (exact) mass is 305 g/mol. The minimum Gasteiger partial charge on any atom is -0.444 e. The highest BCUT2D eigenvalue weighted by molar-refractivity contribution is 5.68. The van der Waals surface area contributed by atoms with Gasteiger partial charge in [0.1, 0.15) is 11.4 Å². The number of anilines is 1. The molecule has 2 heterocycles. The number of nitrogens with zero attached hydrogens (tertiary/aromatic N) is 3. The Kier molecular flexibility index (Phi) is 4.94. The molecule has 0 N–H and O–H groups in total. The number of hydrogen-bond acceptors (Lipinski definition) is 4. The first-order valence-corrected chi connectivity index (χ1v) is 7.90. The van der Waals surface area contributed by atoms with E-state index in [1.807, 2.05) is 51.9 Å². The zero-order valence-corrected chi connectivity index (χ0v) is 14.3. The van der Waals surface area contributed by atoms with Crippen LogP contribution in [-0.2, 0) is 4.74 Å². The van der Waals surface area contributed by atoms with Gasteiger partial charge in [-0.3, -0.25) is 0 Å². The van der Waals surface area contributed by atoms with Crippen LogP contribution in [0.1, 0.15) is 39.2 Å². The summed E-state index contributed by atoms with van der Waals surface area (Å²) < 4.78 is 5.48. The molecule has 1 atom stereocenters. The summed E-state index contributed by atoms with van der Waals surface area (Å²) in [7, 11) is 2.04. The molecular weight excluding hydrogens is 278 g/mol. The molecule has 0 saturated carbocycles. The topological polar surface area (TPSA) is 45.7 Å². The quantitative estimate of drug-likeness (QED) is 0.841. The lowest BCUT2D eigenvalue weighted by Gasteiger charge is -2.38. The van der Waals surface area contributed by atoms with Gasteiger partial charge in [0.25, 0.3) is 0 Å². The van der Waals surface area contributed by atoms with Gasteiger partial charge in [-0.1, -0.05) is 6.07 Å². The number of likely N-dealkylation sites (tertiary alicyclic amines) is 1. The van der Waals surface area contributed by atoms with Gasteiger partial charge in [0, 0.05) is 32.4 Å². The standard InChI is InChI=1S/C17H27N3O2/c1-13-8-9-15(18-11-13)19(5)14-7-6-10-20(12-14)16(21)22-17(2,3)4/h8-9,11,14H,6-7,10,12H2,1-5H3/t14-/m1/s1. The van der Waals surface area contributed by atoms with E-state index in [2.05, 4.69) is 16.0 Å². The molecule has 22 heavy (non-hydrogen) atoms. The van der Waals surface area contributed by atoms with E-state index in [-0.39, 0.29) is 12.1 Å². The van der Waals surface area contributed by atoms with Crippen LogP contribution in [0.5, 0.6) is 0 Å². The average molecular weight is 305 g/mol. The summed E-state index contributed by atoms with van der Waals surface area (Å²) in [6.45, 7) is 9.17. The summed E-state index contributed by atoms with van der Waals surface area (Å²) in [5.41, 5.74) is 0.699. The number of rotatable bonds is 2. The Labute approximate surface area is 133 Å². The molecule has 5 nitrogen and oxygen atoms in total. The largest absolute Gasteiger partial charge is 0.444 e. The highest BCUT2D eigenvalue weighted by Crippen LogP contribution is 2.21. The summed E-state index contributed by atoms with van der Waals surface area (Å²) in [5.74, 6) is 0.946. The van der Waals surface area contributed by atoms with Crippen LogP contribution in [-0.4, -0.2) is 47.8 Å². The number of amides is 1. The fourth-order valence-electron chi connectivity index (χ4n) is 2.62. The second kappa shape index (κ2) is 6.55. The van der Waals surface area contributed by atoms with Crippen molar-refractivity contribution in [2.24, 2.45) is 0 Å². The number of piperidine rings is 1. The van der Waals surface area contributed by atoms with Crippen molar-refractivity contribution in [2.75, 3.05) is 25.0 Å². The lowest BCUT2D eigenvalue weighted by molar-refractivity contribution is 0.0199. The minimum atomic E-state index is -0.450. The van der Waals surface area contributed by atoms with Crippen molar-refractivity contribution < 1.29 is 9.53 Å². The lowest BCUT2D eigenvalue weighted by atomic mass is 10.0. The number of hydrogen-bond donors (Lipinski definition) is 0. The number of pyridine rings is 1. The van der Waals surface area contributed by atoms with Gasteiger partial charge in [0.2, 0.25) is 0 Å². The molecule has 1 aromatic heterocycles. The number of ether oxygens (including phenoxy) is 1. The molecule has 0 aliphatic carbocycles. The molecule has 0 spiro atoms. The third-order valence-electron chi connectivity index (χ3n) is 3.85. The van der Waals surface area contributed by atoms with Gasteiger partial charge in [0.05, 0.1) is 0 Å². The van der Waals surface area contributed by atoms with E-state index in [1.165, 1.54) is 0 Å². The number of aryl methyl sites for hydroxylation is 1. The van der Waals surface area contributed by atoms with E-state index in [0.717, 1.165) is 30.8 Å². The molecule has 1 saturated heterocycles. The molecule has 0 radical (unpaired) electrons. The normalized spacial score (nSPS) is 19.0. The van der Waals surface area contributed by atoms with Crippen LogP contribution in [0.3, 0.4) is 0 Å². The molecule has 5 heteroatoms. The van der Waals surface area contributed by atoms with Gasteiger partial charge in [0.15, 0.2) is 0 Å². The molecule has 0 bridgehead atoms. The van der Waals surface area contributed by atoms with Crippen molar-refractivity contribution in [3.63, 3.8) is 0 Å². The van der Waals surface area contributed by atoms with E-state index in [4.69, 9.17) is 4.74 Å². The van der Waals surface area contributed by atoms with Crippen LogP contribution < -0.4 is 4.90 Å². The van der Waals surface area contributed by atoms with Crippen LogP contribution in [0.4, 0.5) is 10.6 Å². The summed E-state index contributed by atoms with van der Waals surface area (Å²) >= 11 is 0. The van der Waals surface area contributed by atoms with E-state index in [0.29, 0.717) is 6.54 Å². The fraction of sp³-hybridized carbons (Fsp3) is 0.647. The number of carbonyl (C=O) groups excluding carboxylic acids is 1. The third kappa shape index (κ3) is 4.36. The van der Waals surface area contributed by atoms with Gasteiger partial charge in [-0.25, -0.2) is 9.78 Å². The molecule has 1 aliphatic heterocycles. The Morgan fingerprint density at radius 3 is 2.73 bits per heavy atom.